The van der Waals surface area contributed by atoms with E-state index < -0.39 is 0 Å². The Morgan fingerprint density at radius 1 is 1.69 bits per heavy atom. The number of Topliss-reactive ketones (excluding diaryl/α,β-unsaturated/α-hetero) is 1. The maximum Gasteiger partial charge on any atom is 0.224 e. The highest BCUT2D eigenvalue weighted by Gasteiger charge is 2.10. The van der Waals surface area contributed by atoms with E-state index in [9.17, 15) is 4.79 Å². The van der Waals surface area contributed by atoms with Gasteiger partial charge in [-0.25, -0.2) is 4.98 Å². The fourth-order valence-electron chi connectivity index (χ4n) is 1.03. The number of aromatic nitrogens is 1. The van der Waals surface area contributed by atoms with Crippen molar-refractivity contribution in [3.63, 3.8) is 0 Å². The molecule has 0 aromatic carbocycles. The van der Waals surface area contributed by atoms with Crippen molar-refractivity contribution in [2.75, 3.05) is 13.7 Å². The van der Waals surface area contributed by atoms with Crippen LogP contribution in [0.25, 0.3) is 0 Å². The van der Waals surface area contributed by atoms with Gasteiger partial charge < -0.3 is 10.5 Å². The summed E-state index contributed by atoms with van der Waals surface area (Å²) in [4.78, 5) is 15.3. The van der Waals surface area contributed by atoms with Crippen molar-refractivity contribution in [1.82, 2.24) is 4.98 Å². The maximum absolute atomic E-state index is 11.4. The number of carbonyl (C=O) groups excluding carboxylic acids is 1. The summed E-state index contributed by atoms with van der Waals surface area (Å²) >= 11 is 0. The quantitative estimate of drug-likeness (QED) is 0.690. The lowest BCUT2D eigenvalue weighted by atomic mass is 10.1. The van der Waals surface area contributed by atoms with Gasteiger partial charge in [-0.05, 0) is 18.7 Å². The van der Waals surface area contributed by atoms with E-state index in [1.54, 1.807) is 18.3 Å². The van der Waals surface area contributed by atoms with Crippen LogP contribution >= 0.6 is 0 Å². The van der Waals surface area contributed by atoms with Crippen LogP contribution in [0.5, 0.6) is 5.88 Å². The van der Waals surface area contributed by atoms with E-state index in [1.807, 2.05) is 0 Å². The van der Waals surface area contributed by atoms with Crippen molar-refractivity contribution in [2.45, 2.75) is 6.42 Å². The normalized spacial score (nSPS) is 9.69. The molecule has 0 aliphatic heterocycles. The van der Waals surface area contributed by atoms with Crippen molar-refractivity contribution in [2.24, 2.45) is 5.73 Å². The Morgan fingerprint density at radius 3 is 3.08 bits per heavy atom. The van der Waals surface area contributed by atoms with Gasteiger partial charge in [0.1, 0.15) is 0 Å². The number of ether oxygens (including phenoxy) is 1. The zero-order valence-corrected chi connectivity index (χ0v) is 7.49. The highest BCUT2D eigenvalue weighted by molar-refractivity contribution is 5.98. The highest BCUT2D eigenvalue weighted by Crippen LogP contribution is 2.14. The SMILES string of the molecule is COc1ncccc1C(=O)CCN. The summed E-state index contributed by atoms with van der Waals surface area (Å²) in [6.45, 7) is 0.344. The second-order valence-corrected chi connectivity index (χ2v) is 2.52. The van der Waals surface area contributed by atoms with Crippen molar-refractivity contribution >= 4 is 5.78 Å². The number of nitrogens with zero attached hydrogens (tertiary/aromatic N) is 1. The molecule has 0 saturated heterocycles. The van der Waals surface area contributed by atoms with Gasteiger partial charge in [-0.2, -0.15) is 0 Å². The Morgan fingerprint density at radius 2 is 2.46 bits per heavy atom. The van der Waals surface area contributed by atoms with Crippen LogP contribution in [0.2, 0.25) is 0 Å². The number of nitrogens with two attached hydrogens (primary N) is 1. The molecular weight excluding hydrogens is 168 g/mol. The topological polar surface area (TPSA) is 65.2 Å². The van der Waals surface area contributed by atoms with Gasteiger partial charge in [-0.1, -0.05) is 0 Å². The van der Waals surface area contributed by atoms with Gasteiger partial charge in [-0.15, -0.1) is 0 Å². The van der Waals surface area contributed by atoms with Gasteiger partial charge in [0.05, 0.1) is 12.7 Å². The van der Waals surface area contributed by atoms with E-state index in [0.29, 0.717) is 24.4 Å². The van der Waals surface area contributed by atoms with E-state index in [-0.39, 0.29) is 5.78 Å². The van der Waals surface area contributed by atoms with E-state index in [1.165, 1.54) is 7.11 Å². The number of hydrogen-bond acceptors (Lipinski definition) is 4. The number of rotatable bonds is 4. The lowest BCUT2D eigenvalue weighted by Gasteiger charge is -2.04. The molecule has 0 fully saturated rings. The second-order valence-electron chi connectivity index (χ2n) is 2.52. The van der Waals surface area contributed by atoms with Crippen LogP contribution in [0, 0.1) is 0 Å². The van der Waals surface area contributed by atoms with Gasteiger partial charge in [0.25, 0.3) is 0 Å². The minimum Gasteiger partial charge on any atom is -0.480 e. The molecule has 1 aromatic rings. The molecule has 1 heterocycles. The van der Waals surface area contributed by atoms with Gasteiger partial charge in [0, 0.05) is 12.6 Å². The summed E-state index contributed by atoms with van der Waals surface area (Å²) in [5.41, 5.74) is 5.77. The Bertz CT molecular complexity index is 299. The van der Waals surface area contributed by atoms with Crippen LogP contribution in [0.3, 0.4) is 0 Å². The molecular formula is C9H12N2O2. The van der Waals surface area contributed by atoms with Crippen molar-refractivity contribution in [1.29, 1.82) is 0 Å². The van der Waals surface area contributed by atoms with Gasteiger partial charge >= 0.3 is 0 Å². The largest absolute Gasteiger partial charge is 0.480 e. The summed E-state index contributed by atoms with van der Waals surface area (Å²) in [6, 6.07) is 3.39. The molecule has 13 heavy (non-hydrogen) atoms. The highest BCUT2D eigenvalue weighted by atomic mass is 16.5. The molecule has 0 aliphatic rings. The van der Waals surface area contributed by atoms with Crippen molar-refractivity contribution in [3.8, 4) is 5.88 Å². The van der Waals surface area contributed by atoms with Crippen LogP contribution in [0.15, 0.2) is 18.3 Å². The monoisotopic (exact) mass is 180 g/mol. The molecule has 4 heteroatoms. The van der Waals surface area contributed by atoms with Crippen LogP contribution < -0.4 is 10.5 Å². The molecule has 0 aliphatic carbocycles. The van der Waals surface area contributed by atoms with E-state index >= 15 is 0 Å². The Labute approximate surface area is 76.7 Å². The lowest BCUT2D eigenvalue weighted by molar-refractivity contribution is 0.0982. The first-order chi connectivity index (χ1) is 6.29. The zero-order valence-electron chi connectivity index (χ0n) is 7.49. The molecule has 0 atom stereocenters. The average Bonchev–Trinajstić information content (AvgIpc) is 2.18. The first kappa shape index (κ1) is 9.67. The molecule has 1 rings (SSSR count). The molecule has 70 valence electrons. The number of methoxy groups -OCH3 is 1. The fourth-order valence-corrected chi connectivity index (χ4v) is 1.03. The molecule has 0 bridgehead atoms. The molecule has 2 N–H and O–H groups in total. The first-order valence-electron chi connectivity index (χ1n) is 4.02. The molecule has 0 amide bonds. The van der Waals surface area contributed by atoms with Crippen molar-refractivity contribution < 1.29 is 9.53 Å². The van der Waals surface area contributed by atoms with Crippen molar-refractivity contribution in [3.05, 3.63) is 23.9 Å². The summed E-state index contributed by atoms with van der Waals surface area (Å²) < 4.78 is 4.94. The summed E-state index contributed by atoms with van der Waals surface area (Å²) in [7, 11) is 1.49. The minimum atomic E-state index is -0.0348. The molecule has 0 unspecified atom stereocenters. The van der Waals surface area contributed by atoms with Gasteiger partial charge in [0.15, 0.2) is 5.78 Å². The number of carbonyl (C=O) groups is 1. The summed E-state index contributed by atoms with van der Waals surface area (Å²) in [5, 5.41) is 0. The Kier molecular flexibility index (Phi) is 3.40. The Hall–Kier alpha value is -1.42. The van der Waals surface area contributed by atoms with E-state index in [2.05, 4.69) is 4.98 Å². The molecule has 1 aromatic heterocycles. The second kappa shape index (κ2) is 4.57. The third-order valence-corrected chi connectivity index (χ3v) is 1.64. The third kappa shape index (κ3) is 2.26. The fraction of sp³-hybridized carbons (Fsp3) is 0.333. The Balaban J connectivity index is 2.92. The van der Waals surface area contributed by atoms with Crippen LogP contribution in [0.4, 0.5) is 0 Å². The summed E-state index contributed by atoms with van der Waals surface area (Å²) in [6.07, 6.45) is 1.90. The van der Waals surface area contributed by atoms with Crippen LogP contribution in [0.1, 0.15) is 16.8 Å². The lowest BCUT2D eigenvalue weighted by Crippen LogP contribution is -2.09. The van der Waals surface area contributed by atoms with Crippen LogP contribution in [-0.2, 0) is 0 Å². The molecule has 0 spiro atoms. The maximum atomic E-state index is 11.4. The van der Waals surface area contributed by atoms with Crippen LogP contribution in [-0.4, -0.2) is 24.4 Å². The predicted molar refractivity (Wildman–Crippen MR) is 48.8 cm³/mol. The average molecular weight is 180 g/mol. The number of pyridine rings is 1. The number of ketones is 1. The van der Waals surface area contributed by atoms with Gasteiger partial charge in [0.2, 0.25) is 5.88 Å². The van der Waals surface area contributed by atoms with E-state index in [4.69, 9.17) is 10.5 Å². The zero-order chi connectivity index (χ0) is 9.68. The standard InChI is InChI=1S/C9H12N2O2/c1-13-9-7(3-2-6-11-9)8(12)4-5-10/h2-3,6H,4-5,10H2,1H3. The number of hydrogen-bond donors (Lipinski definition) is 1. The molecule has 0 radical (unpaired) electrons. The summed E-state index contributed by atoms with van der Waals surface area (Å²) in [5.74, 6) is 0.327. The van der Waals surface area contributed by atoms with Gasteiger partial charge in [-0.3, -0.25) is 4.79 Å². The molecule has 4 nitrogen and oxygen atoms in total. The van der Waals surface area contributed by atoms with E-state index in [0.717, 1.165) is 0 Å². The third-order valence-electron chi connectivity index (χ3n) is 1.64. The predicted octanol–water partition coefficient (Wildman–Crippen LogP) is 0.622. The smallest absolute Gasteiger partial charge is 0.224 e. The minimum absolute atomic E-state index is 0.0348. The molecule has 0 saturated carbocycles. The first-order valence-corrected chi connectivity index (χ1v) is 4.02.